The lowest BCUT2D eigenvalue weighted by molar-refractivity contribution is -0.135. The highest BCUT2D eigenvalue weighted by atomic mass is 35.5. The van der Waals surface area contributed by atoms with Crippen LogP contribution < -0.4 is 0 Å². The van der Waals surface area contributed by atoms with E-state index < -0.39 is 16.8 Å². The van der Waals surface area contributed by atoms with Gasteiger partial charge in [0.25, 0.3) is 0 Å². The molecule has 3 nitrogen and oxygen atoms in total. The van der Waals surface area contributed by atoms with E-state index in [-0.39, 0.29) is 6.42 Å². The number of hydrogen-bond acceptors (Lipinski definition) is 2. The Morgan fingerprint density at radius 1 is 1.16 bits per heavy atom. The molecule has 5 heteroatoms. The minimum atomic E-state index is -1.01. The van der Waals surface area contributed by atoms with Crippen LogP contribution in [0.1, 0.15) is 30.0 Å². The molecule has 128 valence electrons. The number of allylic oxidation sites excluding steroid dienone is 2. The Morgan fingerprint density at radius 2 is 1.84 bits per heavy atom. The Bertz CT molecular complexity index is 940. The van der Waals surface area contributed by atoms with Gasteiger partial charge in [-0.15, -0.1) is 0 Å². The molecule has 2 aromatic carbocycles. The maximum absolute atomic E-state index is 11.5. The van der Waals surface area contributed by atoms with Crippen LogP contribution >= 0.6 is 11.6 Å². The van der Waals surface area contributed by atoms with Gasteiger partial charge in [-0.05, 0) is 70.7 Å². The van der Waals surface area contributed by atoms with Crippen LogP contribution in [0.3, 0.4) is 0 Å². The van der Waals surface area contributed by atoms with Gasteiger partial charge in [0.1, 0.15) is 0 Å². The standard InChI is InChI=1S/C20H17ClO3S/c1-12-17(9-13-3-6-15(7-4-13)25(2)24)16-8-5-14(21)10-19(16)18(12)11-20(22)23/h3-10H,11H2,1-2H3,(H,22,23). The molecule has 1 unspecified atom stereocenters. The second-order valence-corrected chi connectivity index (χ2v) is 7.76. The van der Waals surface area contributed by atoms with E-state index in [1.54, 1.807) is 6.26 Å². The highest BCUT2D eigenvalue weighted by Crippen LogP contribution is 2.44. The summed E-state index contributed by atoms with van der Waals surface area (Å²) < 4.78 is 11.5. The molecular weight excluding hydrogens is 356 g/mol. The molecule has 2 aromatic rings. The minimum absolute atomic E-state index is 0.0374. The van der Waals surface area contributed by atoms with E-state index >= 15 is 0 Å². The van der Waals surface area contributed by atoms with Gasteiger partial charge in [0.05, 0.1) is 6.42 Å². The van der Waals surface area contributed by atoms with E-state index in [1.165, 1.54) is 0 Å². The molecule has 25 heavy (non-hydrogen) atoms. The second kappa shape index (κ2) is 6.98. The quantitative estimate of drug-likeness (QED) is 0.832. The zero-order valence-electron chi connectivity index (χ0n) is 13.9. The molecular formula is C20H17ClO3S. The zero-order valence-corrected chi connectivity index (χ0v) is 15.4. The number of halogens is 1. The zero-order chi connectivity index (χ0) is 18.1. The smallest absolute Gasteiger partial charge is 0.307 e. The molecule has 0 saturated heterocycles. The SMILES string of the molecule is CC1=C(CC(=O)O)c2cc(Cl)ccc2C1=Cc1ccc(S(C)=O)cc1. The van der Waals surface area contributed by atoms with Crippen LogP contribution in [0.2, 0.25) is 5.02 Å². The molecule has 0 fully saturated rings. The van der Waals surface area contributed by atoms with Crippen LogP contribution in [0.4, 0.5) is 0 Å². The number of hydrogen-bond donors (Lipinski definition) is 1. The second-order valence-electron chi connectivity index (χ2n) is 5.95. The molecule has 0 spiro atoms. The van der Waals surface area contributed by atoms with Crippen molar-refractivity contribution >= 4 is 45.6 Å². The van der Waals surface area contributed by atoms with E-state index in [9.17, 15) is 14.1 Å². The van der Waals surface area contributed by atoms with Gasteiger partial charge >= 0.3 is 5.97 Å². The summed E-state index contributed by atoms with van der Waals surface area (Å²) in [6.07, 6.45) is 3.64. The molecule has 0 aromatic heterocycles. The number of carboxylic acids is 1. The molecule has 0 heterocycles. The Labute approximate surface area is 154 Å². The summed E-state index contributed by atoms with van der Waals surface area (Å²) in [5.41, 5.74) is 5.57. The van der Waals surface area contributed by atoms with Crippen molar-refractivity contribution in [3.05, 3.63) is 69.8 Å². The molecule has 1 aliphatic carbocycles. The first-order valence-electron chi connectivity index (χ1n) is 7.74. The highest BCUT2D eigenvalue weighted by molar-refractivity contribution is 7.84. The third-order valence-corrected chi connectivity index (χ3v) is 5.48. The predicted octanol–water partition coefficient (Wildman–Crippen LogP) is 4.88. The van der Waals surface area contributed by atoms with Crippen molar-refractivity contribution in [2.75, 3.05) is 6.26 Å². The maximum atomic E-state index is 11.5. The Hall–Kier alpha value is -2.17. The number of rotatable bonds is 4. The highest BCUT2D eigenvalue weighted by Gasteiger charge is 2.25. The van der Waals surface area contributed by atoms with Crippen LogP contribution in [-0.4, -0.2) is 21.5 Å². The Kier molecular flexibility index (Phi) is 4.93. The van der Waals surface area contributed by atoms with Gasteiger partial charge in [-0.1, -0.05) is 29.8 Å². The lowest BCUT2D eigenvalue weighted by Crippen LogP contribution is -1.96. The average Bonchev–Trinajstić information content (AvgIpc) is 2.80. The molecule has 3 rings (SSSR count). The first kappa shape index (κ1) is 17.6. The van der Waals surface area contributed by atoms with Crippen LogP contribution in [0.5, 0.6) is 0 Å². The summed E-state index contributed by atoms with van der Waals surface area (Å²) in [6.45, 7) is 1.94. The van der Waals surface area contributed by atoms with E-state index in [1.807, 2.05) is 55.5 Å². The van der Waals surface area contributed by atoms with E-state index in [0.29, 0.717) is 5.02 Å². The summed E-state index contributed by atoms with van der Waals surface area (Å²) in [4.78, 5) is 12.0. The summed E-state index contributed by atoms with van der Waals surface area (Å²) in [6, 6.07) is 13.1. The van der Waals surface area contributed by atoms with Crippen molar-refractivity contribution in [2.24, 2.45) is 0 Å². The van der Waals surface area contributed by atoms with Crippen molar-refractivity contribution in [3.8, 4) is 0 Å². The van der Waals surface area contributed by atoms with Gasteiger partial charge in [-0.3, -0.25) is 9.00 Å². The fourth-order valence-electron chi connectivity index (χ4n) is 3.05. The number of carbonyl (C=O) groups is 1. The number of fused-ring (bicyclic) bond motifs is 1. The third kappa shape index (κ3) is 3.60. The van der Waals surface area contributed by atoms with Gasteiger partial charge in [0.2, 0.25) is 0 Å². The molecule has 1 aliphatic rings. The Morgan fingerprint density at radius 3 is 2.44 bits per heavy atom. The predicted molar refractivity (Wildman–Crippen MR) is 103 cm³/mol. The number of aliphatic carboxylic acids is 1. The fourth-order valence-corrected chi connectivity index (χ4v) is 3.75. The third-order valence-electron chi connectivity index (χ3n) is 4.30. The fraction of sp³-hybridized carbons (Fsp3) is 0.150. The summed E-state index contributed by atoms with van der Waals surface area (Å²) in [5, 5.41) is 9.82. The average molecular weight is 373 g/mol. The largest absolute Gasteiger partial charge is 0.481 e. The van der Waals surface area contributed by atoms with Crippen molar-refractivity contribution in [1.29, 1.82) is 0 Å². The lowest BCUT2D eigenvalue weighted by Gasteiger charge is -2.05. The van der Waals surface area contributed by atoms with Gasteiger partial charge in [0, 0.05) is 27.0 Å². The Balaban J connectivity index is 2.10. The van der Waals surface area contributed by atoms with E-state index in [4.69, 9.17) is 11.6 Å². The van der Waals surface area contributed by atoms with Crippen LogP contribution in [-0.2, 0) is 15.6 Å². The van der Waals surface area contributed by atoms with Gasteiger partial charge in [0.15, 0.2) is 0 Å². The molecule has 0 amide bonds. The van der Waals surface area contributed by atoms with Gasteiger partial charge in [-0.2, -0.15) is 0 Å². The topological polar surface area (TPSA) is 54.4 Å². The molecule has 0 bridgehead atoms. The lowest BCUT2D eigenvalue weighted by atomic mass is 10.0. The maximum Gasteiger partial charge on any atom is 0.307 e. The van der Waals surface area contributed by atoms with Crippen molar-refractivity contribution in [3.63, 3.8) is 0 Å². The van der Waals surface area contributed by atoms with Gasteiger partial charge < -0.3 is 5.11 Å². The van der Waals surface area contributed by atoms with E-state index in [2.05, 4.69) is 0 Å². The van der Waals surface area contributed by atoms with Crippen LogP contribution in [0.25, 0.3) is 17.2 Å². The molecule has 0 aliphatic heterocycles. The number of benzene rings is 2. The molecule has 0 saturated carbocycles. The molecule has 1 atom stereocenters. The first-order valence-corrected chi connectivity index (χ1v) is 9.68. The van der Waals surface area contributed by atoms with Crippen molar-refractivity contribution < 1.29 is 14.1 Å². The monoisotopic (exact) mass is 372 g/mol. The van der Waals surface area contributed by atoms with Crippen molar-refractivity contribution in [1.82, 2.24) is 0 Å². The summed E-state index contributed by atoms with van der Waals surface area (Å²) in [7, 11) is -1.01. The molecule has 0 radical (unpaired) electrons. The molecule has 1 N–H and O–H groups in total. The normalized spacial score (nSPS) is 16.2. The summed E-state index contributed by atoms with van der Waals surface area (Å²) >= 11 is 6.11. The minimum Gasteiger partial charge on any atom is -0.481 e. The summed E-state index contributed by atoms with van der Waals surface area (Å²) in [5.74, 6) is -0.865. The first-order chi connectivity index (χ1) is 11.9. The van der Waals surface area contributed by atoms with Crippen LogP contribution in [0.15, 0.2) is 52.9 Å². The van der Waals surface area contributed by atoms with E-state index in [0.717, 1.165) is 38.3 Å². The van der Waals surface area contributed by atoms with Crippen LogP contribution in [0, 0.1) is 0 Å². The van der Waals surface area contributed by atoms with Crippen molar-refractivity contribution in [2.45, 2.75) is 18.2 Å². The van der Waals surface area contributed by atoms with Gasteiger partial charge in [-0.25, -0.2) is 0 Å². The number of carboxylic acid groups (broad SMARTS) is 1.